The highest BCUT2D eigenvalue weighted by molar-refractivity contribution is 5.79. The first-order valence-corrected chi connectivity index (χ1v) is 6.12. The summed E-state index contributed by atoms with van der Waals surface area (Å²) in [7, 11) is 0. The molecule has 0 aromatic carbocycles. The summed E-state index contributed by atoms with van der Waals surface area (Å²) in [6, 6.07) is 1.63. The fourth-order valence-corrected chi connectivity index (χ4v) is 1.67. The number of pyridine rings is 1. The second-order valence-electron chi connectivity index (χ2n) is 4.38. The molecular weight excluding hydrogens is 273 g/mol. The maximum absolute atomic E-state index is 12.7. The Bertz CT molecular complexity index is 476. The number of halogens is 3. The zero-order valence-corrected chi connectivity index (χ0v) is 11.1. The second-order valence-corrected chi connectivity index (χ2v) is 4.38. The number of nitrogens with zero attached hydrogens (tertiary/aromatic N) is 2. The van der Waals surface area contributed by atoms with Crippen LogP contribution in [0.3, 0.4) is 0 Å². The Balaban J connectivity index is 3.11. The minimum absolute atomic E-state index is 0.00424. The molecule has 1 rings (SSSR count). The number of nitrogen functional groups attached to an aromatic ring is 1. The van der Waals surface area contributed by atoms with Crippen molar-refractivity contribution in [2.24, 2.45) is 5.73 Å². The van der Waals surface area contributed by atoms with E-state index in [1.54, 1.807) is 0 Å². The number of nitrogens with two attached hydrogens (primary N) is 2. The number of unbranched alkanes of at least 4 members (excludes halogenated alkanes) is 1. The summed E-state index contributed by atoms with van der Waals surface area (Å²) < 4.78 is 38.2. The largest absolute Gasteiger partial charge is 0.416 e. The van der Waals surface area contributed by atoms with E-state index >= 15 is 0 Å². The molecule has 0 aliphatic carbocycles. The molecule has 0 radical (unpaired) electrons. The zero-order valence-electron chi connectivity index (χ0n) is 11.1. The van der Waals surface area contributed by atoms with Gasteiger partial charge in [-0.2, -0.15) is 13.2 Å². The third kappa shape index (κ3) is 4.60. The number of alkyl halides is 3. The van der Waals surface area contributed by atoms with Crippen LogP contribution in [0.5, 0.6) is 0 Å². The molecule has 0 aliphatic heterocycles. The number of carbonyl (C=O) groups is 1. The van der Waals surface area contributed by atoms with Crippen molar-refractivity contribution in [3.63, 3.8) is 0 Å². The van der Waals surface area contributed by atoms with Gasteiger partial charge in [0.2, 0.25) is 5.91 Å². The summed E-state index contributed by atoms with van der Waals surface area (Å²) >= 11 is 0. The van der Waals surface area contributed by atoms with Crippen molar-refractivity contribution in [3.8, 4) is 0 Å². The predicted molar refractivity (Wildman–Crippen MR) is 70.0 cm³/mol. The highest BCUT2D eigenvalue weighted by atomic mass is 19.4. The molecule has 8 heteroatoms. The van der Waals surface area contributed by atoms with Crippen LogP contribution in [0, 0.1) is 0 Å². The van der Waals surface area contributed by atoms with Gasteiger partial charge in [-0.15, -0.1) is 0 Å². The summed E-state index contributed by atoms with van der Waals surface area (Å²) in [4.78, 5) is 16.3. The molecule has 1 aromatic rings. The molecule has 1 aromatic heterocycles. The van der Waals surface area contributed by atoms with Crippen molar-refractivity contribution in [2.45, 2.75) is 25.9 Å². The lowest BCUT2D eigenvalue weighted by atomic mass is 10.2. The molecule has 0 unspecified atom stereocenters. The van der Waals surface area contributed by atoms with Gasteiger partial charge in [0.15, 0.2) is 0 Å². The Hall–Kier alpha value is -1.99. The summed E-state index contributed by atoms with van der Waals surface area (Å²) in [6.07, 6.45) is -3.00. The molecule has 1 amide bonds. The highest BCUT2D eigenvalue weighted by Crippen LogP contribution is 2.32. The van der Waals surface area contributed by atoms with Crippen molar-refractivity contribution in [1.82, 2.24) is 4.98 Å². The fraction of sp³-hybridized carbons (Fsp3) is 0.500. The van der Waals surface area contributed by atoms with Gasteiger partial charge in [-0.05, 0) is 18.6 Å². The predicted octanol–water partition coefficient (Wildman–Crippen LogP) is 1.77. The number of aromatic nitrogens is 1. The topological polar surface area (TPSA) is 85.2 Å². The summed E-state index contributed by atoms with van der Waals surface area (Å²) in [5.74, 6) is -0.885. The van der Waals surface area contributed by atoms with Gasteiger partial charge in [0.25, 0.3) is 0 Å². The van der Waals surface area contributed by atoms with Gasteiger partial charge in [0.05, 0.1) is 12.1 Å². The third-order valence-electron chi connectivity index (χ3n) is 2.61. The molecule has 0 spiro atoms. The number of anilines is 2. The van der Waals surface area contributed by atoms with Crippen LogP contribution in [0.4, 0.5) is 24.8 Å². The van der Waals surface area contributed by atoms with E-state index in [0.717, 1.165) is 18.6 Å². The van der Waals surface area contributed by atoms with Crippen LogP contribution in [0.2, 0.25) is 0 Å². The standard InChI is InChI=1S/C12H17F3N4O/c1-2-3-4-19(7-10(17)20)11-6-8(12(13,14)15)5-9(16)18-11/h5-6H,2-4,7H2,1H3,(H2,16,18)(H2,17,20). The van der Waals surface area contributed by atoms with Gasteiger partial charge in [-0.1, -0.05) is 13.3 Å². The Morgan fingerprint density at radius 2 is 2.05 bits per heavy atom. The molecule has 5 nitrogen and oxygen atoms in total. The normalized spacial score (nSPS) is 11.4. The lowest BCUT2D eigenvalue weighted by Gasteiger charge is -2.23. The van der Waals surface area contributed by atoms with Gasteiger partial charge < -0.3 is 16.4 Å². The van der Waals surface area contributed by atoms with Crippen LogP contribution in [0.1, 0.15) is 25.3 Å². The lowest BCUT2D eigenvalue weighted by molar-refractivity contribution is -0.137. The summed E-state index contributed by atoms with van der Waals surface area (Å²) in [6.45, 7) is 2.11. The molecule has 1 heterocycles. The quantitative estimate of drug-likeness (QED) is 0.836. The Kier molecular flexibility index (Phi) is 5.18. The molecule has 4 N–H and O–H groups in total. The van der Waals surface area contributed by atoms with Crippen LogP contribution in [0.15, 0.2) is 12.1 Å². The van der Waals surface area contributed by atoms with E-state index in [1.807, 2.05) is 6.92 Å². The molecule has 20 heavy (non-hydrogen) atoms. The van der Waals surface area contributed by atoms with E-state index in [0.29, 0.717) is 13.0 Å². The SMILES string of the molecule is CCCCN(CC(N)=O)c1cc(C(F)(F)F)cc(N)n1. The van der Waals surface area contributed by atoms with Gasteiger partial charge in [0.1, 0.15) is 11.6 Å². The molecule has 0 saturated heterocycles. The van der Waals surface area contributed by atoms with Crippen molar-refractivity contribution in [3.05, 3.63) is 17.7 Å². The van der Waals surface area contributed by atoms with Crippen molar-refractivity contribution < 1.29 is 18.0 Å². The van der Waals surface area contributed by atoms with Crippen molar-refractivity contribution in [2.75, 3.05) is 23.7 Å². The Morgan fingerprint density at radius 3 is 2.55 bits per heavy atom. The van der Waals surface area contributed by atoms with Crippen molar-refractivity contribution in [1.29, 1.82) is 0 Å². The van der Waals surface area contributed by atoms with Crippen LogP contribution in [0.25, 0.3) is 0 Å². The number of amides is 1. The monoisotopic (exact) mass is 290 g/mol. The number of rotatable bonds is 6. The molecule has 0 aliphatic rings. The molecule has 0 saturated carbocycles. The number of primary amides is 1. The average Bonchev–Trinajstić information content (AvgIpc) is 2.32. The van der Waals surface area contributed by atoms with E-state index in [-0.39, 0.29) is 18.2 Å². The number of carbonyl (C=O) groups excluding carboxylic acids is 1. The fourth-order valence-electron chi connectivity index (χ4n) is 1.67. The third-order valence-corrected chi connectivity index (χ3v) is 2.61. The summed E-state index contributed by atoms with van der Waals surface area (Å²) in [5, 5.41) is 0. The highest BCUT2D eigenvalue weighted by Gasteiger charge is 2.32. The molecule has 0 atom stereocenters. The van der Waals surface area contributed by atoms with Gasteiger partial charge in [0, 0.05) is 6.54 Å². The van der Waals surface area contributed by atoms with Crippen LogP contribution < -0.4 is 16.4 Å². The minimum Gasteiger partial charge on any atom is -0.384 e. The van der Waals surface area contributed by atoms with E-state index in [2.05, 4.69) is 4.98 Å². The molecule has 0 bridgehead atoms. The van der Waals surface area contributed by atoms with E-state index < -0.39 is 17.6 Å². The molecule has 0 fully saturated rings. The van der Waals surface area contributed by atoms with E-state index in [1.165, 1.54) is 4.90 Å². The Morgan fingerprint density at radius 1 is 1.40 bits per heavy atom. The van der Waals surface area contributed by atoms with E-state index in [4.69, 9.17) is 11.5 Å². The smallest absolute Gasteiger partial charge is 0.384 e. The number of hydrogen-bond acceptors (Lipinski definition) is 4. The number of hydrogen-bond donors (Lipinski definition) is 2. The van der Waals surface area contributed by atoms with Gasteiger partial charge >= 0.3 is 6.18 Å². The van der Waals surface area contributed by atoms with Gasteiger partial charge in [-0.25, -0.2) is 4.98 Å². The van der Waals surface area contributed by atoms with Gasteiger partial charge in [-0.3, -0.25) is 4.79 Å². The lowest BCUT2D eigenvalue weighted by Crippen LogP contribution is -2.35. The second kappa shape index (κ2) is 6.44. The molecular formula is C12H17F3N4O. The van der Waals surface area contributed by atoms with Crippen LogP contribution >= 0.6 is 0 Å². The average molecular weight is 290 g/mol. The maximum atomic E-state index is 12.7. The van der Waals surface area contributed by atoms with E-state index in [9.17, 15) is 18.0 Å². The minimum atomic E-state index is -4.52. The summed E-state index contributed by atoms with van der Waals surface area (Å²) in [5.41, 5.74) is 9.60. The first kappa shape index (κ1) is 16.1. The first-order chi connectivity index (χ1) is 9.24. The Labute approximate surface area is 114 Å². The van der Waals surface area contributed by atoms with Crippen LogP contribution in [-0.4, -0.2) is 24.0 Å². The molecule has 112 valence electrons. The zero-order chi connectivity index (χ0) is 15.3. The maximum Gasteiger partial charge on any atom is 0.416 e. The first-order valence-electron chi connectivity index (χ1n) is 6.12. The van der Waals surface area contributed by atoms with Crippen molar-refractivity contribution >= 4 is 17.5 Å². The van der Waals surface area contributed by atoms with Crippen LogP contribution in [-0.2, 0) is 11.0 Å².